The van der Waals surface area contributed by atoms with Crippen LogP contribution >= 0.6 is 0 Å². The summed E-state index contributed by atoms with van der Waals surface area (Å²) in [6.07, 6.45) is 11.5. The first kappa shape index (κ1) is 13.0. The Morgan fingerprint density at radius 2 is 1.93 bits per heavy atom. The van der Waals surface area contributed by atoms with Gasteiger partial charge in [0.15, 0.2) is 0 Å². The van der Waals surface area contributed by atoms with E-state index in [4.69, 9.17) is 0 Å². The Balaban J connectivity index is 2.29. The van der Waals surface area contributed by atoms with Gasteiger partial charge in [0, 0.05) is 0 Å². The number of hydrogen-bond donors (Lipinski definition) is 1. The van der Waals surface area contributed by atoms with E-state index in [-0.39, 0.29) is 6.10 Å². The van der Waals surface area contributed by atoms with Gasteiger partial charge in [0.05, 0.1) is 6.10 Å². The zero-order chi connectivity index (χ0) is 11.1. The molecular weight excluding hydrogens is 184 g/mol. The third-order valence-corrected chi connectivity index (χ3v) is 4.05. The molecule has 15 heavy (non-hydrogen) atoms. The molecule has 1 fully saturated rings. The Bertz CT molecular complexity index is 155. The Kier molecular flexibility index (Phi) is 6.31. The molecule has 0 amide bonds. The maximum Gasteiger partial charge on any atom is 0.0568 e. The van der Waals surface area contributed by atoms with E-state index in [1.54, 1.807) is 0 Å². The van der Waals surface area contributed by atoms with Crippen LogP contribution in [0.15, 0.2) is 0 Å². The highest BCUT2D eigenvalue weighted by Crippen LogP contribution is 2.32. The minimum absolute atomic E-state index is 0.00873. The standard InChI is InChI=1S/C14H28O/c1-3-5-8-12(4-2)11-13-9-6-7-10-14(13)15/h12-15H,3-11H2,1-2H3. The molecule has 3 atom stereocenters. The lowest BCUT2D eigenvalue weighted by Gasteiger charge is -2.30. The number of aliphatic hydroxyl groups is 1. The van der Waals surface area contributed by atoms with Crippen molar-refractivity contribution in [3.63, 3.8) is 0 Å². The third-order valence-electron chi connectivity index (χ3n) is 4.05. The minimum atomic E-state index is 0.00873. The van der Waals surface area contributed by atoms with Crippen LogP contribution in [0.2, 0.25) is 0 Å². The van der Waals surface area contributed by atoms with Gasteiger partial charge in [-0.1, -0.05) is 52.4 Å². The van der Waals surface area contributed by atoms with Crippen LogP contribution in [-0.2, 0) is 0 Å². The predicted molar refractivity (Wildman–Crippen MR) is 65.9 cm³/mol. The maximum absolute atomic E-state index is 9.94. The molecule has 0 saturated heterocycles. The first-order chi connectivity index (χ1) is 7.27. The van der Waals surface area contributed by atoms with Crippen molar-refractivity contribution >= 4 is 0 Å². The summed E-state index contributed by atoms with van der Waals surface area (Å²) in [6, 6.07) is 0. The normalized spacial score (nSPS) is 29.0. The van der Waals surface area contributed by atoms with Crippen molar-refractivity contribution in [2.75, 3.05) is 0 Å². The van der Waals surface area contributed by atoms with Crippen molar-refractivity contribution in [2.24, 2.45) is 11.8 Å². The number of unbranched alkanes of at least 4 members (excludes halogenated alkanes) is 1. The largest absolute Gasteiger partial charge is 0.393 e. The average Bonchev–Trinajstić information content (AvgIpc) is 2.26. The van der Waals surface area contributed by atoms with E-state index in [1.807, 2.05) is 0 Å². The summed E-state index contributed by atoms with van der Waals surface area (Å²) in [5.41, 5.74) is 0. The van der Waals surface area contributed by atoms with Gasteiger partial charge < -0.3 is 5.11 Å². The zero-order valence-electron chi connectivity index (χ0n) is 10.5. The van der Waals surface area contributed by atoms with Crippen LogP contribution in [0.1, 0.15) is 71.6 Å². The molecule has 0 heterocycles. The van der Waals surface area contributed by atoms with Crippen molar-refractivity contribution in [3.05, 3.63) is 0 Å². The lowest BCUT2D eigenvalue weighted by molar-refractivity contribution is 0.0545. The molecule has 0 bridgehead atoms. The first-order valence-corrected chi connectivity index (χ1v) is 6.96. The van der Waals surface area contributed by atoms with Gasteiger partial charge in [-0.2, -0.15) is 0 Å². The predicted octanol–water partition coefficient (Wildman–Crippen LogP) is 4.14. The SMILES string of the molecule is CCCCC(CC)CC1CCCCC1O. The molecule has 1 heteroatoms. The number of hydrogen-bond acceptors (Lipinski definition) is 1. The summed E-state index contributed by atoms with van der Waals surface area (Å²) in [4.78, 5) is 0. The fourth-order valence-electron chi connectivity index (χ4n) is 2.87. The molecule has 90 valence electrons. The molecular formula is C14H28O. The smallest absolute Gasteiger partial charge is 0.0568 e. The second-order valence-electron chi connectivity index (χ2n) is 5.26. The van der Waals surface area contributed by atoms with Gasteiger partial charge in [-0.25, -0.2) is 0 Å². The monoisotopic (exact) mass is 212 g/mol. The molecule has 0 aromatic rings. The van der Waals surface area contributed by atoms with Crippen LogP contribution in [0.3, 0.4) is 0 Å². The van der Waals surface area contributed by atoms with E-state index in [0.717, 1.165) is 12.3 Å². The highest BCUT2D eigenvalue weighted by Gasteiger charge is 2.25. The van der Waals surface area contributed by atoms with E-state index in [1.165, 1.54) is 51.4 Å². The Morgan fingerprint density at radius 3 is 2.53 bits per heavy atom. The zero-order valence-corrected chi connectivity index (χ0v) is 10.5. The molecule has 0 radical (unpaired) electrons. The van der Waals surface area contributed by atoms with Crippen molar-refractivity contribution in [1.29, 1.82) is 0 Å². The van der Waals surface area contributed by atoms with Gasteiger partial charge >= 0.3 is 0 Å². The van der Waals surface area contributed by atoms with E-state index < -0.39 is 0 Å². The molecule has 0 aromatic heterocycles. The van der Waals surface area contributed by atoms with E-state index >= 15 is 0 Å². The molecule has 3 unspecified atom stereocenters. The quantitative estimate of drug-likeness (QED) is 0.701. The van der Waals surface area contributed by atoms with Crippen molar-refractivity contribution < 1.29 is 5.11 Å². The van der Waals surface area contributed by atoms with Crippen LogP contribution in [0.4, 0.5) is 0 Å². The average molecular weight is 212 g/mol. The van der Waals surface area contributed by atoms with Crippen molar-refractivity contribution in [2.45, 2.75) is 77.7 Å². The third kappa shape index (κ3) is 4.55. The van der Waals surface area contributed by atoms with Gasteiger partial charge in [-0.15, -0.1) is 0 Å². The molecule has 1 aliphatic carbocycles. The van der Waals surface area contributed by atoms with Crippen LogP contribution in [0.25, 0.3) is 0 Å². The maximum atomic E-state index is 9.94. The van der Waals surface area contributed by atoms with Crippen molar-refractivity contribution in [1.82, 2.24) is 0 Å². The lowest BCUT2D eigenvalue weighted by atomic mass is 9.79. The molecule has 1 N–H and O–H groups in total. The van der Waals surface area contributed by atoms with Gasteiger partial charge in [0.1, 0.15) is 0 Å². The Morgan fingerprint density at radius 1 is 1.20 bits per heavy atom. The van der Waals surface area contributed by atoms with Crippen LogP contribution in [-0.4, -0.2) is 11.2 Å². The molecule has 1 rings (SSSR count). The summed E-state index contributed by atoms with van der Waals surface area (Å²) >= 11 is 0. The molecule has 0 aromatic carbocycles. The molecule has 1 saturated carbocycles. The van der Waals surface area contributed by atoms with Crippen molar-refractivity contribution in [3.8, 4) is 0 Å². The fourth-order valence-corrected chi connectivity index (χ4v) is 2.87. The summed E-state index contributed by atoms with van der Waals surface area (Å²) in [5.74, 6) is 1.48. The van der Waals surface area contributed by atoms with Gasteiger partial charge in [0.2, 0.25) is 0 Å². The number of aliphatic hydroxyl groups excluding tert-OH is 1. The van der Waals surface area contributed by atoms with Crippen LogP contribution < -0.4 is 0 Å². The minimum Gasteiger partial charge on any atom is -0.393 e. The highest BCUT2D eigenvalue weighted by atomic mass is 16.3. The first-order valence-electron chi connectivity index (χ1n) is 6.96. The second-order valence-corrected chi connectivity index (χ2v) is 5.26. The highest BCUT2D eigenvalue weighted by molar-refractivity contribution is 4.76. The summed E-state index contributed by atoms with van der Waals surface area (Å²) in [7, 11) is 0. The van der Waals surface area contributed by atoms with E-state index in [0.29, 0.717) is 5.92 Å². The second kappa shape index (κ2) is 7.27. The lowest BCUT2D eigenvalue weighted by Crippen LogP contribution is -2.26. The van der Waals surface area contributed by atoms with Crippen LogP contribution in [0.5, 0.6) is 0 Å². The van der Waals surface area contributed by atoms with E-state index in [9.17, 15) is 5.11 Å². The molecule has 1 aliphatic rings. The topological polar surface area (TPSA) is 20.2 Å². The van der Waals surface area contributed by atoms with E-state index in [2.05, 4.69) is 13.8 Å². The van der Waals surface area contributed by atoms with Gasteiger partial charge in [-0.3, -0.25) is 0 Å². The Labute approximate surface area is 95.3 Å². The molecule has 1 nitrogen and oxygen atoms in total. The van der Waals surface area contributed by atoms with Gasteiger partial charge in [0.25, 0.3) is 0 Å². The molecule has 0 aliphatic heterocycles. The van der Waals surface area contributed by atoms with Gasteiger partial charge in [-0.05, 0) is 31.1 Å². The summed E-state index contributed by atoms with van der Waals surface area (Å²) < 4.78 is 0. The fraction of sp³-hybridized carbons (Fsp3) is 1.00. The van der Waals surface area contributed by atoms with Crippen LogP contribution in [0, 0.1) is 11.8 Å². The summed E-state index contributed by atoms with van der Waals surface area (Å²) in [5, 5.41) is 9.94. The Hall–Kier alpha value is -0.0400. The number of rotatable bonds is 6. The molecule has 0 spiro atoms. The summed E-state index contributed by atoms with van der Waals surface area (Å²) in [6.45, 7) is 4.57.